The second-order valence-electron chi connectivity index (χ2n) is 3.46. The van der Waals surface area contributed by atoms with Crippen LogP contribution in [-0.4, -0.2) is 54.0 Å². The van der Waals surface area contributed by atoms with E-state index in [9.17, 15) is 22.3 Å². The van der Waals surface area contributed by atoms with E-state index in [1.807, 2.05) is 0 Å². The van der Waals surface area contributed by atoms with Crippen LogP contribution in [0.3, 0.4) is 0 Å². The zero-order chi connectivity index (χ0) is 13.0. The first kappa shape index (κ1) is 15.7. The van der Waals surface area contributed by atoms with Crippen molar-refractivity contribution in [2.24, 2.45) is 0 Å². The molecule has 16 heavy (non-hydrogen) atoms. The predicted molar refractivity (Wildman–Crippen MR) is 54.9 cm³/mol. The molecule has 2 N–H and O–H groups in total. The van der Waals surface area contributed by atoms with Gasteiger partial charge in [-0.05, 0) is 13.1 Å². The van der Waals surface area contributed by atoms with E-state index < -0.39 is 27.9 Å². The summed E-state index contributed by atoms with van der Waals surface area (Å²) in [5, 5.41) is 4.98. The van der Waals surface area contributed by atoms with E-state index in [1.54, 1.807) is 18.7 Å². The third kappa shape index (κ3) is 4.69. The molecule has 0 heterocycles. The Morgan fingerprint density at radius 3 is 2.06 bits per heavy atom. The minimum absolute atomic E-state index is 0.0574. The molecule has 1 atom stereocenters. The number of aliphatic hydroxyl groups excluding tert-OH is 1. The van der Waals surface area contributed by atoms with Crippen LogP contribution in [0.15, 0.2) is 0 Å². The summed E-state index contributed by atoms with van der Waals surface area (Å²) in [5.74, 6) is 0. The van der Waals surface area contributed by atoms with E-state index in [0.717, 1.165) is 0 Å². The molecule has 0 aliphatic rings. The van der Waals surface area contributed by atoms with Crippen LogP contribution in [0.25, 0.3) is 0 Å². The minimum Gasteiger partial charge on any atom is -0.392 e. The number of halogens is 2. The highest BCUT2D eigenvalue weighted by molar-refractivity contribution is 7.86. The largest absolute Gasteiger partial charge is 0.392 e. The number of alkyl halides is 2. The van der Waals surface area contributed by atoms with Crippen LogP contribution in [0.1, 0.15) is 20.3 Å². The third-order valence-electron chi connectivity index (χ3n) is 2.21. The van der Waals surface area contributed by atoms with Gasteiger partial charge in [0.2, 0.25) is 0 Å². The lowest BCUT2D eigenvalue weighted by Crippen LogP contribution is -2.38. The molecular formula is C8H17F2NO4S. The molecule has 0 aromatic rings. The molecule has 98 valence electrons. The Hall–Kier alpha value is -0.310. The Bertz CT molecular complexity index is 303. The molecule has 1 unspecified atom stereocenters. The fourth-order valence-corrected chi connectivity index (χ4v) is 1.63. The standard InChI is InChI=1S/C8H17F2NO4S/c1-3-11(4-2)6-7(12)5-8(9,10)16(13,14)15/h7,12H,3-6H2,1-2H3,(H,13,14,15). The van der Waals surface area contributed by atoms with Gasteiger partial charge in [-0.1, -0.05) is 13.8 Å². The second kappa shape index (κ2) is 5.85. The molecule has 0 amide bonds. The van der Waals surface area contributed by atoms with E-state index in [1.165, 1.54) is 0 Å². The summed E-state index contributed by atoms with van der Waals surface area (Å²) in [5.41, 5.74) is 0. The zero-order valence-electron chi connectivity index (χ0n) is 9.23. The maximum Gasteiger partial charge on any atom is 0.372 e. The van der Waals surface area contributed by atoms with Crippen LogP contribution in [-0.2, 0) is 10.1 Å². The van der Waals surface area contributed by atoms with Gasteiger partial charge in [-0.3, -0.25) is 4.55 Å². The molecule has 0 aliphatic heterocycles. The highest BCUT2D eigenvalue weighted by Crippen LogP contribution is 2.26. The van der Waals surface area contributed by atoms with Crippen molar-refractivity contribution >= 4 is 10.1 Å². The first-order valence-electron chi connectivity index (χ1n) is 4.89. The van der Waals surface area contributed by atoms with Gasteiger partial charge in [0, 0.05) is 6.54 Å². The van der Waals surface area contributed by atoms with Gasteiger partial charge in [0.25, 0.3) is 0 Å². The average molecular weight is 261 g/mol. The van der Waals surface area contributed by atoms with Crippen LogP contribution in [0.4, 0.5) is 8.78 Å². The molecule has 0 fully saturated rings. The Balaban J connectivity index is 4.40. The number of hydrogen-bond acceptors (Lipinski definition) is 4. The summed E-state index contributed by atoms with van der Waals surface area (Å²) in [4.78, 5) is 1.67. The van der Waals surface area contributed by atoms with Crippen LogP contribution < -0.4 is 0 Å². The number of hydrogen-bond donors (Lipinski definition) is 2. The number of rotatable bonds is 7. The van der Waals surface area contributed by atoms with Crippen molar-refractivity contribution in [3.63, 3.8) is 0 Å². The summed E-state index contributed by atoms with van der Waals surface area (Å²) < 4.78 is 54.5. The van der Waals surface area contributed by atoms with Crippen LogP contribution in [0.2, 0.25) is 0 Å². The molecule has 0 saturated carbocycles. The molecule has 0 rings (SSSR count). The zero-order valence-corrected chi connectivity index (χ0v) is 10.0. The van der Waals surface area contributed by atoms with Crippen molar-refractivity contribution in [1.82, 2.24) is 4.90 Å². The van der Waals surface area contributed by atoms with Gasteiger partial charge >= 0.3 is 15.4 Å². The number of likely N-dealkylation sites (N-methyl/N-ethyl adjacent to an activating group) is 1. The molecule has 0 bridgehead atoms. The van der Waals surface area contributed by atoms with Gasteiger partial charge in [-0.2, -0.15) is 17.2 Å². The Morgan fingerprint density at radius 1 is 1.31 bits per heavy atom. The SMILES string of the molecule is CCN(CC)CC(O)CC(F)(F)S(=O)(=O)O. The molecule has 0 spiro atoms. The lowest BCUT2D eigenvalue weighted by atomic mass is 10.2. The molecule has 0 aromatic heterocycles. The Labute approximate surface area is 93.8 Å². The van der Waals surface area contributed by atoms with Gasteiger partial charge in [0.15, 0.2) is 0 Å². The van der Waals surface area contributed by atoms with Crippen molar-refractivity contribution in [2.75, 3.05) is 19.6 Å². The Morgan fingerprint density at radius 2 is 1.75 bits per heavy atom. The molecule has 5 nitrogen and oxygen atoms in total. The summed E-state index contributed by atoms with van der Waals surface area (Å²) in [7, 11) is -5.46. The molecule has 0 radical (unpaired) electrons. The normalized spacial score (nSPS) is 15.4. The molecule has 0 saturated heterocycles. The van der Waals surface area contributed by atoms with E-state index in [-0.39, 0.29) is 6.54 Å². The predicted octanol–water partition coefficient (Wildman–Crippen LogP) is 0.560. The first-order valence-corrected chi connectivity index (χ1v) is 6.33. The summed E-state index contributed by atoms with van der Waals surface area (Å²) >= 11 is 0. The summed E-state index contributed by atoms with van der Waals surface area (Å²) in [6, 6.07) is 0. The van der Waals surface area contributed by atoms with Crippen molar-refractivity contribution in [1.29, 1.82) is 0 Å². The number of nitrogens with zero attached hydrogens (tertiary/aromatic N) is 1. The lowest BCUT2D eigenvalue weighted by Gasteiger charge is -2.23. The van der Waals surface area contributed by atoms with Gasteiger partial charge in [-0.25, -0.2) is 0 Å². The highest BCUT2D eigenvalue weighted by Gasteiger charge is 2.45. The fraction of sp³-hybridized carbons (Fsp3) is 1.00. The van der Waals surface area contributed by atoms with Crippen molar-refractivity contribution in [3.05, 3.63) is 0 Å². The van der Waals surface area contributed by atoms with Gasteiger partial charge in [0.05, 0.1) is 12.5 Å². The maximum atomic E-state index is 12.8. The van der Waals surface area contributed by atoms with Gasteiger partial charge in [-0.15, -0.1) is 0 Å². The summed E-state index contributed by atoms with van der Waals surface area (Å²) in [6.07, 6.45) is -2.81. The molecule has 0 aliphatic carbocycles. The lowest BCUT2D eigenvalue weighted by molar-refractivity contribution is 0.00654. The third-order valence-corrected chi connectivity index (χ3v) is 3.14. The van der Waals surface area contributed by atoms with Gasteiger partial charge < -0.3 is 10.0 Å². The summed E-state index contributed by atoms with van der Waals surface area (Å²) in [6.45, 7) is 4.64. The van der Waals surface area contributed by atoms with E-state index >= 15 is 0 Å². The fourth-order valence-electron chi connectivity index (χ4n) is 1.22. The van der Waals surface area contributed by atoms with Gasteiger partial charge in [0.1, 0.15) is 0 Å². The number of aliphatic hydroxyl groups is 1. The van der Waals surface area contributed by atoms with E-state index in [0.29, 0.717) is 13.1 Å². The maximum absolute atomic E-state index is 12.8. The van der Waals surface area contributed by atoms with Crippen molar-refractivity contribution in [2.45, 2.75) is 31.6 Å². The van der Waals surface area contributed by atoms with Crippen molar-refractivity contribution < 1.29 is 26.9 Å². The molecular weight excluding hydrogens is 244 g/mol. The van der Waals surface area contributed by atoms with E-state index in [2.05, 4.69) is 0 Å². The topological polar surface area (TPSA) is 77.8 Å². The quantitative estimate of drug-likeness (QED) is 0.655. The average Bonchev–Trinajstić information content (AvgIpc) is 2.11. The van der Waals surface area contributed by atoms with Crippen LogP contribution in [0.5, 0.6) is 0 Å². The first-order chi connectivity index (χ1) is 7.14. The van der Waals surface area contributed by atoms with Crippen molar-refractivity contribution in [3.8, 4) is 0 Å². The smallest absolute Gasteiger partial charge is 0.372 e. The Kier molecular flexibility index (Phi) is 5.74. The minimum atomic E-state index is -5.46. The highest BCUT2D eigenvalue weighted by atomic mass is 32.2. The molecule has 8 heteroatoms. The van der Waals surface area contributed by atoms with Crippen LogP contribution >= 0.6 is 0 Å². The van der Waals surface area contributed by atoms with Crippen LogP contribution in [0, 0.1) is 0 Å². The monoisotopic (exact) mass is 261 g/mol. The molecule has 0 aromatic carbocycles. The van der Waals surface area contributed by atoms with E-state index in [4.69, 9.17) is 4.55 Å². The second-order valence-corrected chi connectivity index (χ2v) is 5.00.